The SMILES string of the molecule is CC(C)C(N)C(=O)NC(CC(=O)O)C(=O)N1CCCC1C(=O)O. The summed E-state index contributed by atoms with van der Waals surface area (Å²) in [7, 11) is 0. The molecule has 0 aliphatic carbocycles. The molecule has 1 heterocycles. The Morgan fingerprint density at radius 3 is 2.35 bits per heavy atom. The molecule has 3 atom stereocenters. The van der Waals surface area contributed by atoms with Crippen molar-refractivity contribution < 1.29 is 29.4 Å². The van der Waals surface area contributed by atoms with Crippen LogP contribution in [0.25, 0.3) is 0 Å². The van der Waals surface area contributed by atoms with Gasteiger partial charge in [-0.2, -0.15) is 0 Å². The predicted molar refractivity (Wildman–Crippen MR) is 79.4 cm³/mol. The molecule has 2 amide bonds. The first-order valence-electron chi connectivity index (χ1n) is 7.46. The highest BCUT2D eigenvalue weighted by Gasteiger charge is 2.38. The van der Waals surface area contributed by atoms with Crippen LogP contribution in [0.3, 0.4) is 0 Å². The number of likely N-dealkylation sites (tertiary alicyclic amines) is 1. The number of carboxylic acids is 2. The van der Waals surface area contributed by atoms with Gasteiger partial charge in [-0.25, -0.2) is 4.79 Å². The van der Waals surface area contributed by atoms with Crippen LogP contribution in [0.15, 0.2) is 0 Å². The van der Waals surface area contributed by atoms with E-state index in [9.17, 15) is 19.2 Å². The molecule has 0 aromatic carbocycles. The number of nitrogens with zero attached hydrogens (tertiary/aromatic N) is 1. The van der Waals surface area contributed by atoms with Gasteiger partial charge in [0.2, 0.25) is 11.8 Å². The van der Waals surface area contributed by atoms with Crippen molar-refractivity contribution >= 4 is 23.8 Å². The Bertz CT molecular complexity index is 493. The molecule has 0 bridgehead atoms. The number of carbonyl (C=O) groups is 4. The topological polar surface area (TPSA) is 150 Å². The molecule has 23 heavy (non-hydrogen) atoms. The van der Waals surface area contributed by atoms with Gasteiger partial charge in [-0.15, -0.1) is 0 Å². The minimum atomic E-state index is -1.33. The number of carbonyl (C=O) groups excluding carboxylic acids is 2. The lowest BCUT2D eigenvalue weighted by Gasteiger charge is -2.27. The van der Waals surface area contributed by atoms with Gasteiger partial charge in [0.15, 0.2) is 0 Å². The molecule has 0 spiro atoms. The van der Waals surface area contributed by atoms with E-state index in [0.717, 1.165) is 4.90 Å². The molecule has 130 valence electrons. The lowest BCUT2D eigenvalue weighted by atomic mass is 10.0. The zero-order valence-electron chi connectivity index (χ0n) is 13.2. The Morgan fingerprint density at radius 2 is 1.87 bits per heavy atom. The fraction of sp³-hybridized carbons (Fsp3) is 0.714. The number of hydrogen-bond acceptors (Lipinski definition) is 5. The fourth-order valence-electron chi connectivity index (χ4n) is 2.43. The van der Waals surface area contributed by atoms with E-state index >= 15 is 0 Å². The van der Waals surface area contributed by atoms with E-state index in [0.29, 0.717) is 12.8 Å². The number of hydrogen-bond donors (Lipinski definition) is 4. The van der Waals surface area contributed by atoms with Crippen molar-refractivity contribution in [2.45, 2.75) is 51.2 Å². The molecule has 0 saturated carbocycles. The molecular weight excluding hydrogens is 306 g/mol. The van der Waals surface area contributed by atoms with Gasteiger partial charge < -0.3 is 26.2 Å². The highest BCUT2D eigenvalue weighted by molar-refractivity contribution is 5.94. The van der Waals surface area contributed by atoms with Gasteiger partial charge in [-0.1, -0.05) is 13.8 Å². The summed E-state index contributed by atoms with van der Waals surface area (Å²) in [4.78, 5) is 47.7. The molecule has 9 nitrogen and oxygen atoms in total. The van der Waals surface area contributed by atoms with Gasteiger partial charge in [-0.05, 0) is 18.8 Å². The molecule has 1 aliphatic heterocycles. The van der Waals surface area contributed by atoms with Crippen LogP contribution < -0.4 is 11.1 Å². The minimum absolute atomic E-state index is 0.186. The molecule has 0 aromatic heterocycles. The molecule has 9 heteroatoms. The maximum absolute atomic E-state index is 12.5. The summed E-state index contributed by atoms with van der Waals surface area (Å²) >= 11 is 0. The maximum atomic E-state index is 12.5. The summed E-state index contributed by atoms with van der Waals surface area (Å²) in [6, 6.07) is -3.20. The summed E-state index contributed by atoms with van der Waals surface area (Å²) in [5.41, 5.74) is 5.69. The van der Waals surface area contributed by atoms with Crippen molar-refractivity contribution in [3.8, 4) is 0 Å². The van der Waals surface area contributed by atoms with E-state index < -0.39 is 48.3 Å². The summed E-state index contributed by atoms with van der Waals surface area (Å²) in [5.74, 6) is -3.94. The van der Waals surface area contributed by atoms with Crippen LogP contribution in [0.4, 0.5) is 0 Å². The Hall–Kier alpha value is -2.16. The number of rotatable bonds is 7. The second-order valence-electron chi connectivity index (χ2n) is 5.96. The highest BCUT2D eigenvalue weighted by Crippen LogP contribution is 2.19. The van der Waals surface area contributed by atoms with Gasteiger partial charge in [0.1, 0.15) is 12.1 Å². The summed E-state index contributed by atoms with van der Waals surface area (Å²) < 4.78 is 0. The third-order valence-corrected chi connectivity index (χ3v) is 3.84. The van der Waals surface area contributed by atoms with E-state index in [-0.39, 0.29) is 12.5 Å². The first-order valence-corrected chi connectivity index (χ1v) is 7.46. The number of aliphatic carboxylic acids is 2. The average molecular weight is 329 g/mol. The average Bonchev–Trinajstić information content (AvgIpc) is 2.93. The quantitative estimate of drug-likeness (QED) is 0.468. The molecule has 5 N–H and O–H groups in total. The smallest absolute Gasteiger partial charge is 0.326 e. The Kier molecular flexibility index (Phi) is 6.49. The largest absolute Gasteiger partial charge is 0.481 e. The van der Waals surface area contributed by atoms with E-state index in [4.69, 9.17) is 15.9 Å². The van der Waals surface area contributed by atoms with E-state index in [1.807, 2.05) is 0 Å². The first-order chi connectivity index (χ1) is 10.6. The van der Waals surface area contributed by atoms with Crippen LogP contribution >= 0.6 is 0 Å². The van der Waals surface area contributed by atoms with Crippen LogP contribution in [0, 0.1) is 5.92 Å². The van der Waals surface area contributed by atoms with Crippen molar-refractivity contribution in [2.75, 3.05) is 6.54 Å². The molecule has 1 rings (SSSR count). The standard InChI is InChI=1S/C14H23N3O6/c1-7(2)11(15)12(20)16-8(6-10(18)19)13(21)17-5-3-4-9(17)14(22)23/h7-9,11H,3-6,15H2,1-2H3,(H,16,20)(H,18,19)(H,22,23). The lowest BCUT2D eigenvalue weighted by Crippen LogP contribution is -2.55. The van der Waals surface area contributed by atoms with Gasteiger partial charge in [0.25, 0.3) is 0 Å². The third-order valence-electron chi connectivity index (χ3n) is 3.84. The van der Waals surface area contributed by atoms with Crippen LogP contribution in [-0.4, -0.2) is 63.5 Å². The Morgan fingerprint density at radius 1 is 1.26 bits per heavy atom. The Labute approximate surface area is 133 Å². The predicted octanol–water partition coefficient (Wildman–Crippen LogP) is -0.995. The molecular formula is C14H23N3O6. The second kappa shape index (κ2) is 7.91. The first kappa shape index (κ1) is 18.9. The van der Waals surface area contributed by atoms with Gasteiger partial charge in [-0.3, -0.25) is 14.4 Å². The van der Waals surface area contributed by atoms with Gasteiger partial charge >= 0.3 is 11.9 Å². The normalized spacial score (nSPS) is 20.2. The van der Waals surface area contributed by atoms with Gasteiger partial charge in [0, 0.05) is 6.54 Å². The van der Waals surface area contributed by atoms with Crippen molar-refractivity contribution in [2.24, 2.45) is 11.7 Å². The molecule has 0 aromatic rings. The molecule has 1 fully saturated rings. The molecule has 0 radical (unpaired) electrons. The van der Waals surface area contributed by atoms with Crippen molar-refractivity contribution in [3.63, 3.8) is 0 Å². The van der Waals surface area contributed by atoms with E-state index in [1.54, 1.807) is 13.8 Å². The Balaban J connectivity index is 2.88. The summed E-state index contributed by atoms with van der Waals surface area (Å²) in [5, 5.41) is 20.4. The second-order valence-corrected chi connectivity index (χ2v) is 5.96. The zero-order chi connectivity index (χ0) is 17.7. The van der Waals surface area contributed by atoms with E-state index in [1.165, 1.54) is 0 Å². The zero-order valence-corrected chi connectivity index (χ0v) is 13.2. The van der Waals surface area contributed by atoms with Crippen LogP contribution in [0.1, 0.15) is 33.1 Å². The molecule has 1 aliphatic rings. The number of nitrogens with two attached hydrogens (primary N) is 1. The lowest BCUT2D eigenvalue weighted by molar-refractivity contribution is -0.150. The third kappa shape index (κ3) is 4.92. The van der Waals surface area contributed by atoms with Crippen LogP contribution in [0.5, 0.6) is 0 Å². The van der Waals surface area contributed by atoms with Crippen LogP contribution in [0.2, 0.25) is 0 Å². The van der Waals surface area contributed by atoms with Crippen molar-refractivity contribution in [3.05, 3.63) is 0 Å². The molecule has 3 unspecified atom stereocenters. The van der Waals surface area contributed by atoms with Crippen LogP contribution in [-0.2, 0) is 19.2 Å². The summed E-state index contributed by atoms with van der Waals surface area (Å²) in [6.07, 6.45) is 0.195. The maximum Gasteiger partial charge on any atom is 0.326 e. The van der Waals surface area contributed by atoms with E-state index in [2.05, 4.69) is 5.32 Å². The number of amides is 2. The van der Waals surface area contributed by atoms with Crippen molar-refractivity contribution in [1.82, 2.24) is 10.2 Å². The summed E-state index contributed by atoms with van der Waals surface area (Å²) in [6.45, 7) is 3.66. The number of carboxylic acid groups (broad SMARTS) is 2. The fourth-order valence-corrected chi connectivity index (χ4v) is 2.43. The van der Waals surface area contributed by atoms with Crippen molar-refractivity contribution in [1.29, 1.82) is 0 Å². The highest BCUT2D eigenvalue weighted by atomic mass is 16.4. The monoisotopic (exact) mass is 329 g/mol. The minimum Gasteiger partial charge on any atom is -0.481 e. The van der Waals surface area contributed by atoms with Gasteiger partial charge in [0.05, 0.1) is 12.5 Å². The molecule has 1 saturated heterocycles. The number of nitrogens with one attached hydrogen (secondary N) is 1.